The van der Waals surface area contributed by atoms with Crippen LogP contribution < -0.4 is 4.72 Å². The van der Waals surface area contributed by atoms with Crippen LogP contribution in [0.15, 0.2) is 74.6 Å². The molecule has 29 heavy (non-hydrogen) atoms. The SMILES string of the molecule is O=S(=O)(N[C@@H]1CCCC[C@H]1Sc1nncn1/N=C\c1ccco1)c1ccccc1. The molecule has 0 bridgehead atoms. The molecule has 2 atom stereocenters. The van der Waals surface area contributed by atoms with Gasteiger partial charge in [0.15, 0.2) is 0 Å². The van der Waals surface area contributed by atoms with Gasteiger partial charge in [-0.25, -0.2) is 13.1 Å². The highest BCUT2D eigenvalue weighted by Gasteiger charge is 2.31. The van der Waals surface area contributed by atoms with E-state index in [1.807, 2.05) is 0 Å². The molecule has 0 saturated heterocycles. The van der Waals surface area contributed by atoms with Crippen molar-refractivity contribution in [3.8, 4) is 0 Å². The molecule has 3 aromatic rings. The Kier molecular flexibility index (Phi) is 6.12. The topological polar surface area (TPSA) is 102 Å². The molecule has 2 heterocycles. The maximum atomic E-state index is 12.8. The maximum Gasteiger partial charge on any atom is 0.240 e. The van der Waals surface area contributed by atoms with Gasteiger partial charge in [0.2, 0.25) is 15.2 Å². The number of sulfonamides is 1. The minimum absolute atomic E-state index is 0.0454. The second kappa shape index (κ2) is 8.93. The molecule has 1 fully saturated rings. The zero-order chi connectivity index (χ0) is 20.1. The van der Waals surface area contributed by atoms with Crippen LogP contribution in [0.2, 0.25) is 0 Å². The molecule has 152 valence electrons. The van der Waals surface area contributed by atoms with Gasteiger partial charge in [-0.2, -0.15) is 9.78 Å². The highest BCUT2D eigenvalue weighted by atomic mass is 32.2. The van der Waals surface area contributed by atoms with Crippen LogP contribution in [0.1, 0.15) is 31.4 Å². The quantitative estimate of drug-likeness (QED) is 0.577. The van der Waals surface area contributed by atoms with Crippen molar-refractivity contribution in [1.29, 1.82) is 0 Å². The summed E-state index contributed by atoms with van der Waals surface area (Å²) in [6.07, 6.45) is 8.40. The van der Waals surface area contributed by atoms with Crippen molar-refractivity contribution in [3.05, 3.63) is 60.8 Å². The summed E-state index contributed by atoms with van der Waals surface area (Å²) in [5.41, 5.74) is 0. The van der Waals surface area contributed by atoms with Crippen molar-refractivity contribution >= 4 is 28.0 Å². The van der Waals surface area contributed by atoms with E-state index < -0.39 is 10.0 Å². The Morgan fingerprint density at radius 2 is 2.00 bits per heavy atom. The minimum atomic E-state index is -3.57. The van der Waals surface area contributed by atoms with E-state index in [4.69, 9.17) is 4.42 Å². The van der Waals surface area contributed by atoms with E-state index in [-0.39, 0.29) is 16.2 Å². The number of nitrogens with one attached hydrogen (secondary N) is 1. The Hall–Kier alpha value is -2.43. The van der Waals surface area contributed by atoms with Crippen LogP contribution >= 0.6 is 11.8 Å². The van der Waals surface area contributed by atoms with Crippen LogP contribution in [0.4, 0.5) is 0 Å². The number of benzene rings is 1. The molecule has 1 N–H and O–H groups in total. The number of nitrogens with zero attached hydrogens (tertiary/aromatic N) is 4. The highest BCUT2D eigenvalue weighted by Crippen LogP contribution is 2.33. The smallest absolute Gasteiger partial charge is 0.240 e. The first kappa shape index (κ1) is 19.9. The Labute approximate surface area is 173 Å². The monoisotopic (exact) mass is 431 g/mol. The van der Waals surface area contributed by atoms with E-state index in [0.29, 0.717) is 10.9 Å². The summed E-state index contributed by atoms with van der Waals surface area (Å²) in [5.74, 6) is 0.626. The van der Waals surface area contributed by atoms with Crippen LogP contribution in [0, 0.1) is 0 Å². The summed E-state index contributed by atoms with van der Waals surface area (Å²) in [5, 5.41) is 13.1. The van der Waals surface area contributed by atoms with Gasteiger partial charge >= 0.3 is 0 Å². The van der Waals surface area contributed by atoms with E-state index in [1.165, 1.54) is 18.1 Å². The second-order valence-electron chi connectivity index (χ2n) is 6.70. The molecule has 4 rings (SSSR count). The Morgan fingerprint density at radius 1 is 1.17 bits per heavy atom. The number of hydrogen-bond donors (Lipinski definition) is 1. The van der Waals surface area contributed by atoms with Crippen LogP contribution in [-0.4, -0.2) is 40.8 Å². The first-order chi connectivity index (χ1) is 14.1. The summed E-state index contributed by atoms with van der Waals surface area (Å²) in [4.78, 5) is 0.278. The summed E-state index contributed by atoms with van der Waals surface area (Å²) >= 11 is 1.50. The normalized spacial score (nSPS) is 20.3. The van der Waals surface area contributed by atoms with Gasteiger partial charge in [-0.3, -0.25) is 0 Å². The predicted octanol–water partition coefficient (Wildman–Crippen LogP) is 3.14. The molecule has 0 spiro atoms. The lowest BCUT2D eigenvalue weighted by molar-refractivity contribution is 0.422. The predicted molar refractivity (Wildman–Crippen MR) is 110 cm³/mol. The molecular weight excluding hydrogens is 410 g/mol. The molecule has 1 saturated carbocycles. The number of hydrogen-bond acceptors (Lipinski definition) is 7. The summed E-state index contributed by atoms with van der Waals surface area (Å²) < 4.78 is 35.2. The van der Waals surface area contributed by atoms with Crippen molar-refractivity contribution < 1.29 is 12.8 Å². The first-order valence-electron chi connectivity index (χ1n) is 9.34. The molecule has 1 aromatic carbocycles. The Morgan fingerprint density at radius 3 is 2.79 bits per heavy atom. The zero-order valence-corrected chi connectivity index (χ0v) is 17.2. The van der Waals surface area contributed by atoms with Crippen LogP contribution in [0.5, 0.6) is 0 Å². The van der Waals surface area contributed by atoms with Crippen LogP contribution in [0.25, 0.3) is 0 Å². The molecular formula is C19H21N5O3S2. The standard InChI is InChI=1S/C19H21N5O3S2/c25-29(26,16-8-2-1-3-9-16)23-17-10-4-5-11-18(17)28-19-22-20-14-24(19)21-13-15-7-6-12-27-15/h1-3,6-9,12-14,17-18,23H,4-5,10-11H2/b21-13-/t17-,18-/m1/s1. The van der Waals surface area contributed by atoms with Gasteiger partial charge in [0, 0.05) is 11.3 Å². The lowest BCUT2D eigenvalue weighted by Crippen LogP contribution is -2.43. The summed E-state index contributed by atoms with van der Waals surface area (Å²) in [6, 6.07) is 11.9. The van der Waals surface area contributed by atoms with E-state index in [0.717, 1.165) is 25.7 Å². The van der Waals surface area contributed by atoms with Crippen LogP contribution in [0.3, 0.4) is 0 Å². The zero-order valence-electron chi connectivity index (χ0n) is 15.6. The fourth-order valence-electron chi connectivity index (χ4n) is 3.24. The molecule has 0 radical (unpaired) electrons. The van der Waals surface area contributed by atoms with Gasteiger partial charge in [0.1, 0.15) is 12.1 Å². The lowest BCUT2D eigenvalue weighted by atomic mass is 9.96. The van der Waals surface area contributed by atoms with E-state index >= 15 is 0 Å². The average molecular weight is 432 g/mol. The summed E-state index contributed by atoms with van der Waals surface area (Å²) in [7, 11) is -3.57. The molecule has 2 aromatic heterocycles. The first-order valence-corrected chi connectivity index (χ1v) is 11.7. The van der Waals surface area contributed by atoms with E-state index in [1.54, 1.807) is 59.6 Å². The average Bonchev–Trinajstić information content (AvgIpc) is 3.40. The number of furan rings is 1. The third-order valence-corrected chi connectivity index (χ3v) is 7.52. The molecule has 10 heteroatoms. The fraction of sp³-hybridized carbons (Fsp3) is 0.316. The van der Waals surface area contributed by atoms with Gasteiger partial charge in [0.25, 0.3) is 0 Å². The van der Waals surface area contributed by atoms with E-state index in [2.05, 4.69) is 20.0 Å². The van der Waals surface area contributed by atoms with E-state index in [9.17, 15) is 8.42 Å². The van der Waals surface area contributed by atoms with Crippen molar-refractivity contribution in [2.45, 2.75) is 47.0 Å². The highest BCUT2D eigenvalue weighted by molar-refractivity contribution is 7.99. The lowest BCUT2D eigenvalue weighted by Gasteiger charge is -2.31. The number of aromatic nitrogens is 3. The molecule has 0 unspecified atom stereocenters. The third kappa shape index (κ3) is 4.95. The van der Waals surface area contributed by atoms with Gasteiger partial charge in [0.05, 0.1) is 17.4 Å². The molecule has 1 aliphatic carbocycles. The van der Waals surface area contributed by atoms with Crippen LogP contribution in [-0.2, 0) is 10.0 Å². The van der Waals surface area contributed by atoms with Gasteiger partial charge < -0.3 is 4.42 Å². The van der Waals surface area contributed by atoms with Gasteiger partial charge in [-0.15, -0.1) is 10.2 Å². The number of rotatable bonds is 7. The van der Waals surface area contributed by atoms with Gasteiger partial charge in [-0.1, -0.05) is 42.8 Å². The Bertz CT molecular complexity index is 1050. The molecule has 0 aliphatic heterocycles. The third-order valence-electron chi connectivity index (χ3n) is 4.67. The van der Waals surface area contributed by atoms with Crippen molar-refractivity contribution in [2.24, 2.45) is 5.10 Å². The van der Waals surface area contributed by atoms with Crippen molar-refractivity contribution in [3.63, 3.8) is 0 Å². The molecule has 1 aliphatic rings. The molecule has 0 amide bonds. The largest absolute Gasteiger partial charge is 0.463 e. The van der Waals surface area contributed by atoms with Crippen molar-refractivity contribution in [1.82, 2.24) is 19.6 Å². The van der Waals surface area contributed by atoms with Crippen molar-refractivity contribution in [2.75, 3.05) is 0 Å². The molecule has 8 nitrogen and oxygen atoms in total. The maximum absolute atomic E-state index is 12.8. The number of thioether (sulfide) groups is 1. The van der Waals surface area contributed by atoms with Gasteiger partial charge in [-0.05, 0) is 37.1 Å². The Balaban J connectivity index is 1.48. The second-order valence-corrected chi connectivity index (χ2v) is 9.62. The minimum Gasteiger partial charge on any atom is -0.463 e. The fourth-order valence-corrected chi connectivity index (χ4v) is 5.87. The summed E-state index contributed by atoms with van der Waals surface area (Å²) in [6.45, 7) is 0.